The van der Waals surface area contributed by atoms with Gasteiger partial charge in [0.1, 0.15) is 11.6 Å². The Morgan fingerprint density at radius 1 is 1.13 bits per heavy atom. The summed E-state index contributed by atoms with van der Waals surface area (Å²) >= 11 is 0. The van der Waals surface area contributed by atoms with Crippen molar-refractivity contribution in [3.8, 4) is 0 Å². The van der Waals surface area contributed by atoms with E-state index in [1.807, 2.05) is 38.4 Å². The number of pyridine rings is 1. The summed E-state index contributed by atoms with van der Waals surface area (Å²) in [4.78, 5) is 15.7. The number of nitrogens with zero attached hydrogens (tertiary/aromatic N) is 4. The first-order valence-electron chi connectivity index (χ1n) is 16.3. The fourth-order valence-corrected chi connectivity index (χ4v) is 7.74. The minimum absolute atomic E-state index is 0.0279. The van der Waals surface area contributed by atoms with E-state index in [0.29, 0.717) is 42.2 Å². The van der Waals surface area contributed by atoms with E-state index in [-0.39, 0.29) is 17.2 Å². The van der Waals surface area contributed by atoms with Crippen LogP contribution in [0.1, 0.15) is 77.3 Å². The van der Waals surface area contributed by atoms with Gasteiger partial charge in [-0.25, -0.2) is 14.4 Å². The first kappa shape index (κ1) is 32.3. The number of aliphatic hydroxyl groups is 1. The van der Waals surface area contributed by atoms with E-state index in [1.54, 1.807) is 17.2 Å². The van der Waals surface area contributed by atoms with E-state index in [1.165, 1.54) is 18.1 Å². The molecule has 244 valence electrons. The quantitative estimate of drug-likeness (QED) is 0.237. The molecule has 0 unspecified atom stereocenters. The topological polar surface area (TPSA) is 103 Å². The zero-order chi connectivity index (χ0) is 32.6. The molecular formula is C36H45FN6O2S. The summed E-state index contributed by atoms with van der Waals surface area (Å²) in [5.41, 5.74) is 2.76. The molecule has 3 atom stereocenters. The van der Waals surface area contributed by atoms with Crippen LogP contribution in [0.2, 0.25) is 0 Å². The average molecular weight is 645 g/mol. The summed E-state index contributed by atoms with van der Waals surface area (Å²) < 4.78 is 27.9. The predicted octanol–water partition coefficient (Wildman–Crippen LogP) is 6.70. The van der Waals surface area contributed by atoms with Crippen molar-refractivity contribution in [3.63, 3.8) is 0 Å². The molecule has 0 bridgehead atoms. The number of anilines is 3. The molecule has 0 radical (unpaired) electrons. The van der Waals surface area contributed by atoms with E-state index in [2.05, 4.69) is 58.7 Å². The van der Waals surface area contributed by atoms with Gasteiger partial charge in [0.2, 0.25) is 5.95 Å². The molecule has 1 aromatic carbocycles. The average Bonchev–Trinajstić information content (AvgIpc) is 3.23. The standard InChI is InChI=1S/C36H45FN6O2S/c1-23(2)26-10-11-29(36(14-8-15-36)33-25(9-6-7-16-38-33)21-46(45)24(3)4)28-20-40-32(19-27(26)28)41-31-12-17-39-34(42-31)43-18-13-30(44)35(5,37)22-43/h6-7,9-12,16-17,19-20,23-24,30,38,44H,8,13-15,18,21-22H2,1-5H3,(H,39,40,41,42)/t30-,35+,46+/m1/s1. The number of aliphatic hydroxyl groups excluding tert-OH is 1. The zero-order valence-electron chi connectivity index (χ0n) is 27.4. The first-order chi connectivity index (χ1) is 22.0. The van der Waals surface area contributed by atoms with Gasteiger partial charge >= 0.3 is 0 Å². The molecule has 46 heavy (non-hydrogen) atoms. The number of nitrogens with one attached hydrogen (secondary N) is 2. The van der Waals surface area contributed by atoms with Crippen LogP contribution in [0.5, 0.6) is 0 Å². The van der Waals surface area contributed by atoms with E-state index < -0.39 is 22.6 Å². The Morgan fingerprint density at radius 3 is 2.63 bits per heavy atom. The van der Waals surface area contributed by atoms with E-state index in [0.717, 1.165) is 41.3 Å². The van der Waals surface area contributed by atoms with E-state index in [4.69, 9.17) is 4.98 Å². The Morgan fingerprint density at radius 2 is 1.93 bits per heavy atom. The van der Waals surface area contributed by atoms with Crippen LogP contribution in [-0.2, 0) is 16.2 Å². The summed E-state index contributed by atoms with van der Waals surface area (Å²) in [6, 6.07) is 8.41. The molecule has 1 saturated carbocycles. The third-order valence-corrected chi connectivity index (χ3v) is 11.3. The highest BCUT2D eigenvalue weighted by molar-refractivity contribution is 7.85. The summed E-state index contributed by atoms with van der Waals surface area (Å²) in [7, 11) is -0.976. The monoisotopic (exact) mass is 644 g/mol. The van der Waals surface area contributed by atoms with Gasteiger partial charge in [-0.1, -0.05) is 58.4 Å². The van der Waals surface area contributed by atoms with Gasteiger partial charge in [-0.15, -0.1) is 0 Å². The number of fused-ring (bicyclic) bond motifs is 1. The second kappa shape index (κ2) is 12.9. The largest absolute Gasteiger partial charge is 0.390 e. The second-order valence-electron chi connectivity index (χ2n) is 13.6. The van der Waals surface area contributed by atoms with Crippen molar-refractivity contribution < 1.29 is 13.7 Å². The molecule has 1 saturated heterocycles. The number of benzene rings is 1. The maximum absolute atomic E-state index is 14.9. The number of piperidine rings is 1. The summed E-state index contributed by atoms with van der Waals surface area (Å²) in [6.07, 6.45) is 14.2. The van der Waals surface area contributed by atoms with Crippen molar-refractivity contribution in [1.82, 2.24) is 20.3 Å². The highest BCUT2D eigenvalue weighted by Gasteiger charge is 2.45. The van der Waals surface area contributed by atoms with E-state index >= 15 is 0 Å². The van der Waals surface area contributed by atoms with Gasteiger partial charge in [0, 0.05) is 57.7 Å². The van der Waals surface area contributed by atoms with Crippen molar-refractivity contribution in [2.24, 2.45) is 0 Å². The van der Waals surface area contributed by atoms with Crippen LogP contribution >= 0.6 is 0 Å². The maximum Gasteiger partial charge on any atom is 0.227 e. The molecule has 0 spiro atoms. The number of hydrogen-bond acceptors (Lipinski definition) is 8. The lowest BCUT2D eigenvalue weighted by Gasteiger charge is -2.46. The number of halogens is 1. The Balaban J connectivity index is 1.38. The summed E-state index contributed by atoms with van der Waals surface area (Å²) in [5.74, 6) is 2.45. The molecule has 4 heterocycles. The Bertz CT molecular complexity index is 1730. The van der Waals surface area contributed by atoms with Gasteiger partial charge in [0.15, 0.2) is 5.67 Å². The molecule has 3 aliphatic rings. The minimum Gasteiger partial charge on any atom is -0.390 e. The van der Waals surface area contributed by atoms with Crippen LogP contribution in [-0.4, -0.2) is 60.1 Å². The normalized spacial score (nSPS) is 23.4. The van der Waals surface area contributed by atoms with Crippen molar-refractivity contribution in [3.05, 3.63) is 83.5 Å². The molecule has 6 rings (SSSR count). The van der Waals surface area contributed by atoms with Crippen LogP contribution in [0.25, 0.3) is 10.8 Å². The summed E-state index contributed by atoms with van der Waals surface area (Å²) in [6.45, 7) is 10.4. The molecule has 2 aromatic heterocycles. The molecule has 2 aliphatic heterocycles. The third-order valence-electron chi connectivity index (χ3n) is 9.68. The maximum atomic E-state index is 14.9. The lowest BCUT2D eigenvalue weighted by molar-refractivity contribution is -0.00860. The Kier molecular flexibility index (Phi) is 9.04. The Hall–Kier alpha value is -3.63. The first-order valence-corrected chi connectivity index (χ1v) is 17.7. The fourth-order valence-electron chi connectivity index (χ4n) is 6.86. The molecule has 8 nitrogen and oxygen atoms in total. The minimum atomic E-state index is -1.73. The molecule has 0 amide bonds. The van der Waals surface area contributed by atoms with Crippen LogP contribution in [0, 0.1) is 0 Å². The Labute approximate surface area is 273 Å². The zero-order valence-corrected chi connectivity index (χ0v) is 28.2. The SMILES string of the molecule is CC(C)c1ccc(C2(C3=C(C[S@](=O)C(C)C)C=CC=CN3)CCC2)c2cnc(Nc3ccnc(N4CC[C@@H](O)[C@@](C)(F)C4)n3)cc12. The smallest absolute Gasteiger partial charge is 0.227 e. The molecule has 10 heteroatoms. The third kappa shape index (κ3) is 6.21. The van der Waals surface area contributed by atoms with Crippen LogP contribution in [0.3, 0.4) is 0 Å². The van der Waals surface area contributed by atoms with Crippen LogP contribution in [0.4, 0.5) is 22.0 Å². The summed E-state index contributed by atoms with van der Waals surface area (Å²) in [5, 5.41) is 19.4. The lowest BCUT2D eigenvalue weighted by Crippen LogP contribution is -2.52. The highest BCUT2D eigenvalue weighted by atomic mass is 32.2. The second-order valence-corrected chi connectivity index (χ2v) is 15.6. The van der Waals surface area contributed by atoms with Gasteiger partial charge < -0.3 is 20.6 Å². The van der Waals surface area contributed by atoms with Crippen molar-refractivity contribution in [2.75, 3.05) is 29.1 Å². The molecular weight excluding hydrogens is 600 g/mol. The molecule has 3 aromatic rings. The van der Waals surface area contributed by atoms with Crippen molar-refractivity contribution >= 4 is 39.2 Å². The van der Waals surface area contributed by atoms with Gasteiger partial charge in [-0.05, 0) is 72.4 Å². The molecule has 3 N–H and O–H groups in total. The van der Waals surface area contributed by atoms with E-state index in [9.17, 15) is 13.7 Å². The fraction of sp³-hybridized carbons (Fsp3) is 0.472. The molecule has 2 fully saturated rings. The lowest BCUT2D eigenvalue weighted by atomic mass is 9.60. The number of hydrogen-bond donors (Lipinski definition) is 3. The predicted molar refractivity (Wildman–Crippen MR) is 186 cm³/mol. The van der Waals surface area contributed by atoms with Crippen molar-refractivity contribution in [1.29, 1.82) is 0 Å². The number of rotatable bonds is 9. The van der Waals surface area contributed by atoms with Gasteiger partial charge in [-0.3, -0.25) is 4.21 Å². The van der Waals surface area contributed by atoms with Crippen LogP contribution < -0.4 is 15.5 Å². The van der Waals surface area contributed by atoms with Crippen molar-refractivity contribution in [2.45, 2.75) is 88.7 Å². The van der Waals surface area contributed by atoms with Gasteiger partial charge in [0.25, 0.3) is 0 Å². The van der Waals surface area contributed by atoms with Gasteiger partial charge in [0.05, 0.1) is 18.4 Å². The number of aromatic nitrogens is 3. The van der Waals surface area contributed by atoms with Crippen LogP contribution in [0.15, 0.2) is 72.4 Å². The van der Waals surface area contributed by atoms with Gasteiger partial charge in [-0.2, -0.15) is 4.98 Å². The number of alkyl halides is 1. The highest BCUT2D eigenvalue weighted by Crippen LogP contribution is 2.52. The number of allylic oxidation sites excluding steroid dienone is 4. The molecule has 1 aliphatic carbocycles.